The van der Waals surface area contributed by atoms with Crippen LogP contribution < -0.4 is 20.1 Å². The van der Waals surface area contributed by atoms with Crippen LogP contribution in [0.25, 0.3) is 0 Å². The Labute approximate surface area is 117 Å². The Bertz CT molecular complexity index is 601. The molecule has 8 heteroatoms. The molecule has 0 saturated heterocycles. The number of carbonyl (C=O) groups is 1. The quantitative estimate of drug-likeness (QED) is 0.660. The molecule has 20 heavy (non-hydrogen) atoms. The Morgan fingerprint density at radius 3 is 2.95 bits per heavy atom. The molecule has 1 aliphatic rings. The van der Waals surface area contributed by atoms with E-state index in [1.165, 1.54) is 19.1 Å². The number of hydrogen-bond donors (Lipinski definition) is 3. The molecular formula is C12H17N3O4S. The predicted octanol–water partition coefficient (Wildman–Crippen LogP) is -0.0947. The van der Waals surface area contributed by atoms with Gasteiger partial charge in [-0.2, -0.15) is 0 Å². The molecule has 0 atom stereocenters. The van der Waals surface area contributed by atoms with E-state index in [1.54, 1.807) is 6.07 Å². The van der Waals surface area contributed by atoms with Crippen LogP contribution in [0.1, 0.15) is 6.92 Å². The highest BCUT2D eigenvalue weighted by Gasteiger charge is 2.17. The first kappa shape index (κ1) is 14.6. The molecule has 0 aromatic heterocycles. The Balaban J connectivity index is 2.03. The molecule has 0 radical (unpaired) electrons. The summed E-state index contributed by atoms with van der Waals surface area (Å²) in [7, 11) is -3.59. The van der Waals surface area contributed by atoms with E-state index in [4.69, 9.17) is 4.74 Å². The van der Waals surface area contributed by atoms with Crippen LogP contribution in [-0.2, 0) is 14.8 Å². The lowest BCUT2D eigenvalue weighted by atomic mass is 10.2. The molecule has 0 bridgehead atoms. The maximum absolute atomic E-state index is 12.1. The molecule has 2 rings (SSSR count). The van der Waals surface area contributed by atoms with E-state index in [9.17, 15) is 13.2 Å². The van der Waals surface area contributed by atoms with Gasteiger partial charge in [0.1, 0.15) is 12.4 Å². The van der Waals surface area contributed by atoms with E-state index in [0.717, 1.165) is 0 Å². The van der Waals surface area contributed by atoms with Crippen molar-refractivity contribution in [1.29, 1.82) is 0 Å². The zero-order chi connectivity index (χ0) is 14.6. The minimum atomic E-state index is -3.59. The molecule has 0 fully saturated rings. The SMILES string of the molecule is CC(=O)NCCNS(=O)(=O)c1ccc2c(c1)NCCO2. The number of sulfonamides is 1. The second-order valence-corrected chi connectivity index (χ2v) is 6.08. The molecule has 110 valence electrons. The molecule has 1 amide bonds. The van der Waals surface area contributed by atoms with Gasteiger partial charge < -0.3 is 15.4 Å². The lowest BCUT2D eigenvalue weighted by molar-refractivity contribution is -0.118. The summed E-state index contributed by atoms with van der Waals surface area (Å²) in [6, 6.07) is 4.66. The number of carbonyl (C=O) groups excluding carboxylic acids is 1. The van der Waals surface area contributed by atoms with Crippen LogP contribution in [0.2, 0.25) is 0 Å². The van der Waals surface area contributed by atoms with Gasteiger partial charge in [0.2, 0.25) is 15.9 Å². The number of nitrogens with one attached hydrogen (secondary N) is 3. The second kappa shape index (κ2) is 6.10. The standard InChI is InChI=1S/C12H17N3O4S/c1-9(16)13-4-5-15-20(17,18)10-2-3-12-11(8-10)14-6-7-19-12/h2-3,8,14-15H,4-7H2,1H3,(H,13,16). The van der Waals surface area contributed by atoms with Crippen molar-refractivity contribution in [2.45, 2.75) is 11.8 Å². The molecule has 0 spiro atoms. The smallest absolute Gasteiger partial charge is 0.240 e. The number of hydrogen-bond acceptors (Lipinski definition) is 5. The zero-order valence-electron chi connectivity index (χ0n) is 11.1. The molecule has 0 saturated carbocycles. The highest BCUT2D eigenvalue weighted by Crippen LogP contribution is 2.29. The summed E-state index contributed by atoms with van der Waals surface area (Å²) in [5.41, 5.74) is 0.668. The van der Waals surface area contributed by atoms with E-state index in [2.05, 4.69) is 15.4 Å². The van der Waals surface area contributed by atoms with E-state index in [-0.39, 0.29) is 23.9 Å². The Morgan fingerprint density at radius 2 is 2.20 bits per heavy atom. The Hall–Kier alpha value is -1.80. The number of anilines is 1. The molecular weight excluding hydrogens is 282 g/mol. The van der Waals surface area contributed by atoms with Crippen molar-refractivity contribution in [3.8, 4) is 5.75 Å². The Kier molecular flexibility index (Phi) is 4.46. The van der Waals surface area contributed by atoms with Gasteiger partial charge >= 0.3 is 0 Å². The molecule has 0 unspecified atom stereocenters. The van der Waals surface area contributed by atoms with Crippen LogP contribution >= 0.6 is 0 Å². The normalized spacial score (nSPS) is 13.8. The van der Waals surface area contributed by atoms with Crippen molar-refractivity contribution in [2.75, 3.05) is 31.6 Å². The molecule has 1 aromatic carbocycles. The van der Waals surface area contributed by atoms with Gasteiger partial charge in [-0.25, -0.2) is 13.1 Å². The first-order valence-electron chi connectivity index (χ1n) is 6.24. The van der Waals surface area contributed by atoms with Gasteiger partial charge in [-0.1, -0.05) is 0 Å². The number of amides is 1. The van der Waals surface area contributed by atoms with Gasteiger partial charge in [-0.15, -0.1) is 0 Å². The minimum absolute atomic E-state index is 0.142. The average molecular weight is 299 g/mol. The van der Waals surface area contributed by atoms with Crippen LogP contribution in [0.4, 0.5) is 5.69 Å². The summed E-state index contributed by atoms with van der Waals surface area (Å²) >= 11 is 0. The van der Waals surface area contributed by atoms with Crippen molar-refractivity contribution in [3.63, 3.8) is 0 Å². The number of ether oxygens (including phenoxy) is 1. The molecule has 1 aromatic rings. The maximum Gasteiger partial charge on any atom is 0.240 e. The van der Waals surface area contributed by atoms with E-state index < -0.39 is 10.0 Å². The van der Waals surface area contributed by atoms with Crippen molar-refractivity contribution in [1.82, 2.24) is 10.0 Å². The fraction of sp³-hybridized carbons (Fsp3) is 0.417. The van der Waals surface area contributed by atoms with Crippen LogP contribution in [0, 0.1) is 0 Å². The molecule has 1 aliphatic heterocycles. The van der Waals surface area contributed by atoms with E-state index in [0.29, 0.717) is 24.6 Å². The number of benzene rings is 1. The summed E-state index contributed by atoms with van der Waals surface area (Å²) in [6.45, 7) is 2.98. The lowest BCUT2D eigenvalue weighted by Gasteiger charge is -2.19. The summed E-state index contributed by atoms with van der Waals surface area (Å²) < 4.78 is 32.0. The van der Waals surface area contributed by atoms with Gasteiger partial charge in [0.15, 0.2) is 0 Å². The molecule has 1 heterocycles. The van der Waals surface area contributed by atoms with Crippen LogP contribution in [0.5, 0.6) is 5.75 Å². The minimum Gasteiger partial charge on any atom is -0.490 e. The lowest BCUT2D eigenvalue weighted by Crippen LogP contribution is -2.33. The summed E-state index contributed by atoms with van der Waals surface area (Å²) in [5.74, 6) is 0.452. The Morgan fingerprint density at radius 1 is 1.40 bits per heavy atom. The van der Waals surface area contributed by atoms with Crippen molar-refractivity contribution in [2.24, 2.45) is 0 Å². The van der Waals surface area contributed by atoms with Crippen molar-refractivity contribution in [3.05, 3.63) is 18.2 Å². The monoisotopic (exact) mass is 299 g/mol. The van der Waals surface area contributed by atoms with Crippen LogP contribution in [-0.4, -0.2) is 40.6 Å². The molecule has 7 nitrogen and oxygen atoms in total. The fourth-order valence-corrected chi connectivity index (χ4v) is 2.85. The van der Waals surface area contributed by atoms with Crippen molar-refractivity contribution >= 4 is 21.6 Å². The third-order valence-corrected chi connectivity index (χ3v) is 4.19. The highest BCUT2D eigenvalue weighted by atomic mass is 32.2. The fourth-order valence-electron chi connectivity index (χ4n) is 1.79. The van der Waals surface area contributed by atoms with Gasteiger partial charge in [-0.05, 0) is 18.2 Å². The largest absolute Gasteiger partial charge is 0.490 e. The summed E-state index contributed by atoms with van der Waals surface area (Å²) in [4.78, 5) is 10.9. The van der Waals surface area contributed by atoms with Gasteiger partial charge in [0.05, 0.1) is 10.6 Å². The van der Waals surface area contributed by atoms with Crippen LogP contribution in [0.15, 0.2) is 23.1 Å². The summed E-state index contributed by atoms with van der Waals surface area (Å²) in [6.07, 6.45) is 0. The van der Waals surface area contributed by atoms with Gasteiger partial charge in [0, 0.05) is 26.6 Å². The molecule has 3 N–H and O–H groups in total. The number of fused-ring (bicyclic) bond motifs is 1. The topological polar surface area (TPSA) is 96.5 Å². The van der Waals surface area contributed by atoms with Crippen molar-refractivity contribution < 1.29 is 17.9 Å². The third-order valence-electron chi connectivity index (χ3n) is 2.73. The van der Waals surface area contributed by atoms with Gasteiger partial charge in [-0.3, -0.25) is 4.79 Å². The maximum atomic E-state index is 12.1. The third kappa shape index (κ3) is 3.61. The first-order chi connectivity index (χ1) is 9.49. The first-order valence-corrected chi connectivity index (χ1v) is 7.72. The highest BCUT2D eigenvalue weighted by molar-refractivity contribution is 7.89. The second-order valence-electron chi connectivity index (χ2n) is 4.31. The van der Waals surface area contributed by atoms with E-state index >= 15 is 0 Å². The summed E-state index contributed by atoms with van der Waals surface area (Å²) in [5, 5.41) is 5.60. The number of rotatable bonds is 5. The predicted molar refractivity (Wildman–Crippen MR) is 74.3 cm³/mol. The van der Waals surface area contributed by atoms with Crippen LogP contribution in [0.3, 0.4) is 0 Å². The van der Waals surface area contributed by atoms with Gasteiger partial charge in [0.25, 0.3) is 0 Å². The van der Waals surface area contributed by atoms with E-state index in [1.807, 2.05) is 0 Å². The average Bonchev–Trinajstić information content (AvgIpc) is 2.43. The molecule has 0 aliphatic carbocycles. The zero-order valence-corrected chi connectivity index (χ0v) is 11.9.